The van der Waals surface area contributed by atoms with E-state index in [0.29, 0.717) is 6.04 Å². The van der Waals surface area contributed by atoms with Gasteiger partial charge in [-0.3, -0.25) is 4.68 Å². The van der Waals surface area contributed by atoms with E-state index >= 15 is 0 Å². The fraction of sp³-hybridized carbons (Fsp3) is 0.786. The van der Waals surface area contributed by atoms with E-state index in [9.17, 15) is 0 Å². The Balaban J connectivity index is 1.64. The molecule has 1 fully saturated rings. The Kier molecular flexibility index (Phi) is 5.68. The van der Waals surface area contributed by atoms with Gasteiger partial charge in [0.1, 0.15) is 0 Å². The van der Waals surface area contributed by atoms with Crippen LogP contribution in [0, 0.1) is 0 Å². The Labute approximate surface area is 110 Å². The van der Waals surface area contributed by atoms with Gasteiger partial charge in [-0.15, -0.1) is 0 Å². The first kappa shape index (κ1) is 13.6. The van der Waals surface area contributed by atoms with Gasteiger partial charge in [-0.05, 0) is 51.4 Å². The number of aromatic nitrogens is 2. The lowest BCUT2D eigenvalue weighted by atomic mass is 10.1. The molecule has 0 aromatic carbocycles. The van der Waals surface area contributed by atoms with Crippen LogP contribution in [0.4, 0.5) is 0 Å². The maximum atomic E-state index is 4.22. The summed E-state index contributed by atoms with van der Waals surface area (Å²) >= 11 is 0. The van der Waals surface area contributed by atoms with Crippen molar-refractivity contribution in [3.05, 3.63) is 18.5 Å². The van der Waals surface area contributed by atoms with E-state index in [0.717, 1.165) is 13.1 Å². The van der Waals surface area contributed by atoms with E-state index in [1.807, 2.05) is 23.1 Å². The van der Waals surface area contributed by atoms with Gasteiger partial charge in [0.15, 0.2) is 0 Å². The fourth-order valence-electron chi connectivity index (χ4n) is 2.72. The topological polar surface area (TPSA) is 33.1 Å². The van der Waals surface area contributed by atoms with Crippen LogP contribution in [0.1, 0.15) is 32.6 Å². The number of nitrogens with one attached hydrogen (secondary N) is 1. The highest BCUT2D eigenvalue weighted by molar-refractivity contribution is 4.79. The summed E-state index contributed by atoms with van der Waals surface area (Å²) in [5.74, 6) is 0. The van der Waals surface area contributed by atoms with Crippen molar-refractivity contribution in [3.8, 4) is 0 Å². The molecule has 2 heterocycles. The molecule has 2 rings (SSSR count). The Morgan fingerprint density at radius 3 is 3.00 bits per heavy atom. The first-order chi connectivity index (χ1) is 8.88. The van der Waals surface area contributed by atoms with Gasteiger partial charge >= 0.3 is 0 Å². The molecular formula is C14H26N4. The molecule has 1 aromatic heterocycles. The van der Waals surface area contributed by atoms with Gasteiger partial charge in [-0.2, -0.15) is 5.10 Å². The van der Waals surface area contributed by atoms with E-state index in [1.54, 1.807) is 0 Å². The maximum absolute atomic E-state index is 4.22. The lowest BCUT2D eigenvalue weighted by Crippen LogP contribution is -2.33. The molecule has 4 nitrogen and oxygen atoms in total. The van der Waals surface area contributed by atoms with Gasteiger partial charge in [0.25, 0.3) is 0 Å². The van der Waals surface area contributed by atoms with E-state index in [1.165, 1.54) is 45.3 Å². The predicted octanol–water partition coefficient (Wildman–Crippen LogP) is 1.74. The summed E-state index contributed by atoms with van der Waals surface area (Å²) in [6.45, 7) is 8.07. The van der Waals surface area contributed by atoms with Crippen LogP contribution in [-0.4, -0.2) is 46.9 Å². The number of rotatable bonds is 6. The van der Waals surface area contributed by atoms with Crippen molar-refractivity contribution < 1.29 is 0 Å². The molecule has 1 N–H and O–H groups in total. The molecule has 18 heavy (non-hydrogen) atoms. The average molecular weight is 250 g/mol. The second-order valence-corrected chi connectivity index (χ2v) is 5.19. The highest BCUT2D eigenvalue weighted by atomic mass is 15.3. The van der Waals surface area contributed by atoms with Crippen molar-refractivity contribution in [3.63, 3.8) is 0 Å². The normalized spacial score (nSPS) is 21.9. The van der Waals surface area contributed by atoms with Crippen molar-refractivity contribution in [1.29, 1.82) is 0 Å². The molecule has 1 unspecified atom stereocenters. The first-order valence-corrected chi connectivity index (χ1v) is 7.31. The minimum absolute atomic E-state index is 0.697. The summed E-state index contributed by atoms with van der Waals surface area (Å²) in [6, 6.07) is 2.68. The van der Waals surface area contributed by atoms with Gasteiger partial charge < -0.3 is 10.2 Å². The fourth-order valence-corrected chi connectivity index (χ4v) is 2.72. The molecule has 1 aliphatic rings. The lowest BCUT2D eigenvalue weighted by Gasteiger charge is -2.19. The van der Waals surface area contributed by atoms with Crippen LogP contribution >= 0.6 is 0 Å². The van der Waals surface area contributed by atoms with Crippen LogP contribution in [0.3, 0.4) is 0 Å². The zero-order valence-corrected chi connectivity index (χ0v) is 11.5. The third kappa shape index (κ3) is 4.42. The van der Waals surface area contributed by atoms with Crippen molar-refractivity contribution in [1.82, 2.24) is 20.0 Å². The third-order valence-electron chi connectivity index (χ3n) is 3.69. The number of hydrogen-bond donors (Lipinski definition) is 1. The standard InChI is InChI=1S/C14H26N4/c1-2-9-17-10-3-5-14(6-12-17)15-8-13-18-11-4-7-16-18/h4,7,11,14-15H,2-3,5-6,8-10,12-13H2,1H3. The highest BCUT2D eigenvalue weighted by Gasteiger charge is 2.15. The smallest absolute Gasteiger partial charge is 0.0534 e. The van der Waals surface area contributed by atoms with E-state index < -0.39 is 0 Å². The van der Waals surface area contributed by atoms with Crippen LogP contribution in [0.25, 0.3) is 0 Å². The molecule has 0 saturated carbocycles. The highest BCUT2D eigenvalue weighted by Crippen LogP contribution is 2.11. The molecule has 4 heteroatoms. The second kappa shape index (κ2) is 7.54. The first-order valence-electron chi connectivity index (χ1n) is 7.31. The molecule has 102 valence electrons. The van der Waals surface area contributed by atoms with E-state index in [-0.39, 0.29) is 0 Å². The number of nitrogens with zero attached hydrogens (tertiary/aromatic N) is 3. The molecule has 0 radical (unpaired) electrons. The predicted molar refractivity (Wildman–Crippen MR) is 74.6 cm³/mol. The van der Waals surface area contributed by atoms with Crippen molar-refractivity contribution >= 4 is 0 Å². The summed E-state index contributed by atoms with van der Waals surface area (Å²) in [4.78, 5) is 2.61. The van der Waals surface area contributed by atoms with Crippen LogP contribution in [0.15, 0.2) is 18.5 Å². The quantitative estimate of drug-likeness (QED) is 0.835. The monoisotopic (exact) mass is 250 g/mol. The Bertz CT molecular complexity index is 310. The molecule has 1 aromatic rings. The molecule has 1 aliphatic heterocycles. The number of hydrogen-bond acceptors (Lipinski definition) is 3. The van der Waals surface area contributed by atoms with Crippen molar-refractivity contribution in [2.75, 3.05) is 26.2 Å². The van der Waals surface area contributed by atoms with Crippen LogP contribution < -0.4 is 5.32 Å². The zero-order valence-electron chi connectivity index (χ0n) is 11.5. The summed E-state index contributed by atoms with van der Waals surface area (Å²) in [6.07, 6.45) is 9.08. The van der Waals surface area contributed by atoms with Gasteiger partial charge in [0.05, 0.1) is 6.54 Å². The molecule has 0 bridgehead atoms. The largest absolute Gasteiger partial charge is 0.312 e. The van der Waals surface area contributed by atoms with Crippen LogP contribution in [0.5, 0.6) is 0 Å². The van der Waals surface area contributed by atoms with Gasteiger partial charge in [-0.25, -0.2) is 0 Å². The summed E-state index contributed by atoms with van der Waals surface area (Å²) in [7, 11) is 0. The van der Waals surface area contributed by atoms with E-state index in [4.69, 9.17) is 0 Å². The Morgan fingerprint density at radius 1 is 1.28 bits per heavy atom. The van der Waals surface area contributed by atoms with Gasteiger partial charge in [0.2, 0.25) is 0 Å². The molecule has 1 atom stereocenters. The minimum Gasteiger partial charge on any atom is -0.312 e. The summed E-state index contributed by atoms with van der Waals surface area (Å²) < 4.78 is 1.99. The molecule has 0 spiro atoms. The van der Waals surface area contributed by atoms with Crippen LogP contribution in [-0.2, 0) is 6.54 Å². The molecule has 0 aliphatic carbocycles. The SMILES string of the molecule is CCCN1CCCC(NCCn2cccn2)CC1. The Morgan fingerprint density at radius 2 is 2.22 bits per heavy atom. The number of likely N-dealkylation sites (tertiary alicyclic amines) is 1. The third-order valence-corrected chi connectivity index (χ3v) is 3.69. The van der Waals surface area contributed by atoms with Crippen molar-refractivity contribution in [2.45, 2.75) is 45.2 Å². The molecule has 1 saturated heterocycles. The minimum atomic E-state index is 0.697. The molecular weight excluding hydrogens is 224 g/mol. The second-order valence-electron chi connectivity index (χ2n) is 5.19. The van der Waals surface area contributed by atoms with Crippen molar-refractivity contribution in [2.24, 2.45) is 0 Å². The zero-order chi connectivity index (χ0) is 12.6. The average Bonchev–Trinajstić information content (AvgIpc) is 2.78. The summed E-state index contributed by atoms with van der Waals surface area (Å²) in [5.41, 5.74) is 0. The van der Waals surface area contributed by atoms with E-state index in [2.05, 4.69) is 22.2 Å². The molecule has 0 amide bonds. The van der Waals surface area contributed by atoms with Crippen LogP contribution in [0.2, 0.25) is 0 Å². The Hall–Kier alpha value is -0.870. The summed E-state index contributed by atoms with van der Waals surface area (Å²) in [5, 5.41) is 7.90. The lowest BCUT2D eigenvalue weighted by molar-refractivity contribution is 0.282. The van der Waals surface area contributed by atoms with Gasteiger partial charge in [-0.1, -0.05) is 6.92 Å². The maximum Gasteiger partial charge on any atom is 0.0534 e. The van der Waals surface area contributed by atoms with Gasteiger partial charge in [0, 0.05) is 25.0 Å².